The third kappa shape index (κ3) is 5.70. The summed E-state index contributed by atoms with van der Waals surface area (Å²) in [5.41, 5.74) is 1.43. The van der Waals surface area contributed by atoms with Crippen molar-refractivity contribution in [2.24, 2.45) is 0 Å². The summed E-state index contributed by atoms with van der Waals surface area (Å²) in [6, 6.07) is 9.70. The maximum Gasteiger partial charge on any atom is 0.335 e. The second-order valence-corrected chi connectivity index (χ2v) is 8.32. The van der Waals surface area contributed by atoms with Crippen molar-refractivity contribution in [1.82, 2.24) is 10.2 Å². The lowest BCUT2D eigenvalue weighted by molar-refractivity contribution is -0.128. The summed E-state index contributed by atoms with van der Waals surface area (Å²) in [4.78, 5) is 37.5. The van der Waals surface area contributed by atoms with Crippen LogP contribution >= 0.6 is 28.1 Å². The van der Waals surface area contributed by atoms with Crippen LogP contribution in [-0.4, -0.2) is 46.1 Å². The lowest BCUT2D eigenvalue weighted by Gasteiger charge is -2.27. The molecule has 1 aliphatic rings. The molecule has 0 aliphatic carbocycles. The second kappa shape index (κ2) is 11.1. The Bertz CT molecular complexity index is 1190. The van der Waals surface area contributed by atoms with Gasteiger partial charge in [0.1, 0.15) is 12.2 Å². The van der Waals surface area contributed by atoms with Crippen LogP contribution in [0.15, 0.2) is 59.1 Å². The highest BCUT2D eigenvalue weighted by Crippen LogP contribution is 2.38. The van der Waals surface area contributed by atoms with E-state index in [0.29, 0.717) is 28.1 Å². The molecule has 2 aromatic carbocycles. The summed E-state index contributed by atoms with van der Waals surface area (Å²) in [5, 5.41) is 11.6. The predicted octanol–water partition coefficient (Wildman–Crippen LogP) is 3.94. The quantitative estimate of drug-likeness (QED) is 0.213. The van der Waals surface area contributed by atoms with Crippen LogP contribution in [0.1, 0.15) is 28.4 Å². The summed E-state index contributed by atoms with van der Waals surface area (Å²) in [6.07, 6.45) is 2.97. The third-order valence-corrected chi connectivity index (χ3v) is 5.64. The molecule has 3 rings (SSSR count). The van der Waals surface area contributed by atoms with Crippen molar-refractivity contribution in [3.63, 3.8) is 0 Å². The first kappa shape index (κ1) is 25.1. The van der Waals surface area contributed by atoms with Gasteiger partial charge < -0.3 is 14.6 Å². The minimum absolute atomic E-state index is 0.0309. The van der Waals surface area contributed by atoms with Crippen molar-refractivity contribution in [3.8, 4) is 11.5 Å². The van der Waals surface area contributed by atoms with E-state index in [9.17, 15) is 14.4 Å². The fourth-order valence-electron chi connectivity index (χ4n) is 3.13. The van der Waals surface area contributed by atoms with E-state index in [4.69, 9.17) is 26.8 Å². The smallest absolute Gasteiger partial charge is 0.335 e. The van der Waals surface area contributed by atoms with Crippen molar-refractivity contribution in [2.75, 3.05) is 13.2 Å². The van der Waals surface area contributed by atoms with Crippen molar-refractivity contribution in [3.05, 3.63) is 75.8 Å². The number of hydrogen-bond donors (Lipinski definition) is 2. The molecule has 2 aromatic rings. The van der Waals surface area contributed by atoms with Gasteiger partial charge in [0.15, 0.2) is 16.6 Å². The lowest BCUT2D eigenvalue weighted by atomic mass is 10.1. The predicted molar refractivity (Wildman–Crippen MR) is 134 cm³/mol. The van der Waals surface area contributed by atoms with E-state index in [1.807, 2.05) is 6.92 Å². The minimum atomic E-state index is -1.00. The molecule has 0 atom stereocenters. The van der Waals surface area contributed by atoms with E-state index >= 15 is 0 Å². The third-order valence-electron chi connectivity index (χ3n) is 4.72. The summed E-state index contributed by atoms with van der Waals surface area (Å²) < 4.78 is 12.2. The molecular weight excluding hydrogens is 524 g/mol. The van der Waals surface area contributed by atoms with Gasteiger partial charge in [-0.05, 0) is 76.5 Å². The molecule has 0 spiro atoms. The largest absolute Gasteiger partial charge is 0.490 e. The van der Waals surface area contributed by atoms with Crippen LogP contribution in [0.2, 0.25) is 0 Å². The van der Waals surface area contributed by atoms with Crippen LogP contribution in [0.4, 0.5) is 0 Å². The maximum atomic E-state index is 12.8. The molecule has 0 radical (unpaired) electrons. The number of aromatic carboxylic acids is 1. The summed E-state index contributed by atoms with van der Waals surface area (Å²) in [5.74, 6) is -1.27. The SMILES string of the molecule is C=CCN1C(=O)/C(=C/c2cc(Br)c(OCc3ccc(C(=O)O)cc3)c(OCC)c2)C(=O)NC1=S. The van der Waals surface area contributed by atoms with Gasteiger partial charge in [-0.1, -0.05) is 18.2 Å². The van der Waals surface area contributed by atoms with Gasteiger partial charge in [0.2, 0.25) is 0 Å². The molecular formula is C24H21BrN2O6S. The van der Waals surface area contributed by atoms with Crippen molar-refractivity contribution in [2.45, 2.75) is 13.5 Å². The van der Waals surface area contributed by atoms with Crippen LogP contribution in [0.5, 0.6) is 11.5 Å². The summed E-state index contributed by atoms with van der Waals surface area (Å²) >= 11 is 8.54. The number of carboxylic acid groups (broad SMARTS) is 1. The fraction of sp³-hybridized carbons (Fsp3) is 0.167. The number of ether oxygens (including phenoxy) is 2. The highest BCUT2D eigenvalue weighted by molar-refractivity contribution is 9.10. The molecule has 1 aliphatic heterocycles. The highest BCUT2D eigenvalue weighted by atomic mass is 79.9. The van der Waals surface area contributed by atoms with Gasteiger partial charge in [-0.25, -0.2) is 4.79 Å². The van der Waals surface area contributed by atoms with Gasteiger partial charge in [-0.2, -0.15) is 0 Å². The van der Waals surface area contributed by atoms with E-state index < -0.39 is 17.8 Å². The minimum Gasteiger partial charge on any atom is -0.490 e. The molecule has 0 aromatic heterocycles. The molecule has 176 valence electrons. The van der Waals surface area contributed by atoms with Gasteiger partial charge in [-0.3, -0.25) is 19.8 Å². The molecule has 0 unspecified atom stereocenters. The number of carboxylic acids is 1. The van der Waals surface area contributed by atoms with Crippen molar-refractivity contribution < 1.29 is 29.0 Å². The Labute approximate surface area is 210 Å². The molecule has 10 heteroatoms. The first-order valence-electron chi connectivity index (χ1n) is 10.2. The monoisotopic (exact) mass is 544 g/mol. The number of benzene rings is 2. The van der Waals surface area contributed by atoms with Crippen LogP contribution < -0.4 is 14.8 Å². The van der Waals surface area contributed by atoms with Gasteiger partial charge in [0.25, 0.3) is 11.8 Å². The molecule has 8 nitrogen and oxygen atoms in total. The lowest BCUT2D eigenvalue weighted by Crippen LogP contribution is -2.53. The van der Waals surface area contributed by atoms with E-state index in [1.54, 1.807) is 24.3 Å². The molecule has 1 heterocycles. The number of carbonyl (C=O) groups is 3. The molecule has 0 bridgehead atoms. The second-order valence-electron chi connectivity index (χ2n) is 7.08. The number of carbonyl (C=O) groups excluding carboxylic acids is 2. The summed E-state index contributed by atoms with van der Waals surface area (Å²) in [7, 11) is 0. The zero-order valence-electron chi connectivity index (χ0n) is 18.2. The number of amides is 2. The fourth-order valence-corrected chi connectivity index (χ4v) is 3.95. The number of nitrogens with one attached hydrogen (secondary N) is 1. The zero-order valence-corrected chi connectivity index (χ0v) is 20.6. The summed E-state index contributed by atoms with van der Waals surface area (Å²) in [6.45, 7) is 6.13. The molecule has 0 saturated carbocycles. The number of thiocarbonyl (C=S) groups is 1. The molecule has 1 saturated heterocycles. The van der Waals surface area contributed by atoms with Crippen LogP contribution in [-0.2, 0) is 16.2 Å². The molecule has 2 amide bonds. The topological polar surface area (TPSA) is 105 Å². The standard InChI is InChI=1S/C24H21BrN2O6S/c1-3-9-27-22(29)17(21(28)26-24(27)34)10-15-11-18(25)20(19(12-15)32-4-2)33-13-14-5-7-16(8-6-14)23(30)31/h3,5-8,10-12H,1,4,9,13H2,2H3,(H,30,31)(H,26,28,34)/b17-10+. The first-order chi connectivity index (χ1) is 16.2. The van der Waals surface area contributed by atoms with Gasteiger partial charge in [0, 0.05) is 6.54 Å². The average Bonchev–Trinajstić information content (AvgIpc) is 2.79. The van der Waals surface area contributed by atoms with Crippen LogP contribution in [0, 0.1) is 0 Å². The Morgan fingerprint density at radius 3 is 2.56 bits per heavy atom. The number of hydrogen-bond acceptors (Lipinski definition) is 6. The Kier molecular flexibility index (Phi) is 8.19. The molecule has 1 fully saturated rings. The van der Waals surface area contributed by atoms with Crippen LogP contribution in [0.25, 0.3) is 6.08 Å². The average molecular weight is 545 g/mol. The molecule has 34 heavy (non-hydrogen) atoms. The van der Waals surface area contributed by atoms with Gasteiger partial charge >= 0.3 is 5.97 Å². The zero-order chi connectivity index (χ0) is 24.8. The normalized spacial score (nSPS) is 14.7. The number of nitrogens with zero attached hydrogens (tertiary/aromatic N) is 1. The van der Waals surface area contributed by atoms with Crippen LogP contribution in [0.3, 0.4) is 0 Å². The van der Waals surface area contributed by atoms with E-state index in [2.05, 4.69) is 27.8 Å². The number of halogens is 1. The Morgan fingerprint density at radius 2 is 1.94 bits per heavy atom. The van der Waals surface area contributed by atoms with E-state index in [0.717, 1.165) is 5.56 Å². The van der Waals surface area contributed by atoms with Gasteiger partial charge in [-0.15, -0.1) is 6.58 Å². The molecule has 2 N–H and O–H groups in total. The van der Waals surface area contributed by atoms with E-state index in [1.165, 1.54) is 29.2 Å². The van der Waals surface area contributed by atoms with Crippen molar-refractivity contribution in [1.29, 1.82) is 0 Å². The number of rotatable bonds is 9. The highest BCUT2D eigenvalue weighted by Gasteiger charge is 2.32. The Morgan fingerprint density at radius 1 is 1.24 bits per heavy atom. The Balaban J connectivity index is 1.88. The van der Waals surface area contributed by atoms with Gasteiger partial charge in [0.05, 0.1) is 16.6 Å². The van der Waals surface area contributed by atoms with Crippen molar-refractivity contribution >= 4 is 57.1 Å². The van der Waals surface area contributed by atoms with E-state index in [-0.39, 0.29) is 29.4 Å². The Hall–Kier alpha value is -3.50. The maximum absolute atomic E-state index is 12.8. The first-order valence-corrected chi connectivity index (χ1v) is 11.4.